The topological polar surface area (TPSA) is 68.4 Å². The van der Waals surface area contributed by atoms with Gasteiger partial charge in [-0.3, -0.25) is 9.69 Å². The fourth-order valence-electron chi connectivity index (χ4n) is 3.16. The summed E-state index contributed by atoms with van der Waals surface area (Å²) in [5.41, 5.74) is 6.33. The number of alkyl halides is 3. The lowest BCUT2D eigenvalue weighted by Crippen LogP contribution is -2.38. The molecule has 2 N–H and O–H groups in total. The fraction of sp³-hybridized carbons (Fsp3) is 0.182. The maximum absolute atomic E-state index is 14.1. The van der Waals surface area contributed by atoms with E-state index in [1.165, 1.54) is 36.5 Å². The highest BCUT2D eigenvalue weighted by Crippen LogP contribution is 2.39. The molecule has 1 heterocycles. The van der Waals surface area contributed by atoms with Gasteiger partial charge >= 0.3 is 6.30 Å². The Hall–Kier alpha value is -3.55. The third-order valence-electron chi connectivity index (χ3n) is 4.44. The number of ether oxygens (including phenoxy) is 1. The smallest absolute Gasteiger partial charge is 0.478 e. The molecule has 1 amide bonds. The minimum Gasteiger partial charge on any atom is -0.478 e. The van der Waals surface area contributed by atoms with E-state index in [0.717, 1.165) is 0 Å². The number of nitrogens with zero attached hydrogens (tertiary/aromatic N) is 2. The number of carbonyl (C=O) groups is 1. The van der Waals surface area contributed by atoms with Gasteiger partial charge in [-0.05, 0) is 30.7 Å². The largest absolute Gasteiger partial charge is 0.485 e. The van der Waals surface area contributed by atoms with E-state index < -0.39 is 18.8 Å². The zero-order chi connectivity index (χ0) is 21.7. The number of primary amides is 1. The molecule has 3 aromatic rings. The monoisotopic (exact) mass is 415 g/mol. The summed E-state index contributed by atoms with van der Waals surface area (Å²) in [7, 11) is 0. The first-order valence-electron chi connectivity index (χ1n) is 9.22. The Bertz CT molecular complexity index is 1040. The molecule has 156 valence electrons. The maximum Gasteiger partial charge on any atom is 0.485 e. The number of carbonyl (C=O) groups excluding carboxylic acids is 1. The van der Waals surface area contributed by atoms with E-state index in [9.17, 15) is 18.0 Å². The second kappa shape index (κ2) is 8.86. The van der Waals surface area contributed by atoms with Crippen LogP contribution in [0.1, 0.15) is 22.8 Å². The van der Waals surface area contributed by atoms with Gasteiger partial charge in [0.2, 0.25) is 11.8 Å². The number of pyridine rings is 1. The molecule has 3 rings (SSSR count). The van der Waals surface area contributed by atoms with E-state index >= 15 is 0 Å². The summed E-state index contributed by atoms with van der Waals surface area (Å²) in [4.78, 5) is 16.2. The van der Waals surface area contributed by atoms with Crippen LogP contribution in [-0.4, -0.2) is 23.8 Å². The van der Waals surface area contributed by atoms with Crippen molar-refractivity contribution in [3.05, 3.63) is 78.0 Å². The number of para-hydroxylation sites is 1. The molecule has 0 saturated heterocycles. The van der Waals surface area contributed by atoms with Gasteiger partial charge in [-0.1, -0.05) is 42.5 Å². The normalized spacial score (nSPS) is 11.2. The quantitative estimate of drug-likeness (QED) is 0.565. The van der Waals surface area contributed by atoms with Crippen molar-refractivity contribution in [3.63, 3.8) is 0 Å². The Morgan fingerprint density at radius 2 is 1.70 bits per heavy atom. The number of amides is 1. The Kier molecular flexibility index (Phi) is 6.25. The molecule has 30 heavy (non-hydrogen) atoms. The molecule has 8 heteroatoms. The second-order valence-electron chi connectivity index (χ2n) is 6.38. The van der Waals surface area contributed by atoms with Crippen LogP contribution in [-0.2, 0) is 6.54 Å². The first-order chi connectivity index (χ1) is 14.3. The molecule has 0 bridgehead atoms. The van der Waals surface area contributed by atoms with E-state index in [4.69, 9.17) is 10.5 Å². The van der Waals surface area contributed by atoms with Crippen molar-refractivity contribution in [1.29, 1.82) is 0 Å². The molecule has 0 aliphatic heterocycles. The molecule has 0 fully saturated rings. The van der Waals surface area contributed by atoms with Gasteiger partial charge in [0.25, 0.3) is 0 Å². The van der Waals surface area contributed by atoms with Crippen LogP contribution in [0.15, 0.2) is 66.9 Å². The van der Waals surface area contributed by atoms with Crippen molar-refractivity contribution in [1.82, 2.24) is 4.98 Å². The lowest BCUT2D eigenvalue weighted by atomic mass is 9.97. The van der Waals surface area contributed by atoms with Gasteiger partial charge in [0.05, 0.1) is 18.8 Å². The number of hydrogen-bond acceptors (Lipinski definition) is 4. The average Bonchev–Trinajstić information content (AvgIpc) is 2.72. The molecule has 1 aromatic heterocycles. The highest BCUT2D eigenvalue weighted by atomic mass is 19.4. The zero-order valence-electron chi connectivity index (χ0n) is 16.2. The molecule has 0 atom stereocenters. The van der Waals surface area contributed by atoms with Crippen LogP contribution in [0.3, 0.4) is 0 Å². The van der Waals surface area contributed by atoms with Crippen molar-refractivity contribution in [2.75, 3.05) is 11.5 Å². The molecular formula is C22H20F3N3O2. The number of nitrogens with two attached hydrogens (primary N) is 1. The van der Waals surface area contributed by atoms with Crippen LogP contribution in [0.4, 0.5) is 18.9 Å². The average molecular weight is 415 g/mol. The molecule has 2 aromatic carbocycles. The lowest BCUT2D eigenvalue weighted by Gasteiger charge is -2.29. The second-order valence-corrected chi connectivity index (χ2v) is 6.38. The number of aromatic nitrogens is 1. The number of anilines is 1. The molecule has 0 unspecified atom stereocenters. The Labute approximate surface area is 171 Å². The highest BCUT2D eigenvalue weighted by molar-refractivity contribution is 6.01. The predicted octanol–water partition coefficient (Wildman–Crippen LogP) is 4.77. The number of benzene rings is 2. The number of rotatable bonds is 7. The van der Waals surface area contributed by atoms with Crippen LogP contribution in [0, 0.1) is 0 Å². The summed E-state index contributed by atoms with van der Waals surface area (Å²) in [6.45, 7) is 1.50. The molecule has 0 aliphatic rings. The first kappa shape index (κ1) is 21.2. The summed E-state index contributed by atoms with van der Waals surface area (Å²) in [6, 6.07) is 15.4. The zero-order valence-corrected chi connectivity index (χ0v) is 16.2. The molecule has 0 aliphatic carbocycles. The van der Waals surface area contributed by atoms with Crippen LogP contribution in [0.5, 0.6) is 5.88 Å². The van der Waals surface area contributed by atoms with Crippen LogP contribution in [0.25, 0.3) is 11.1 Å². The summed E-state index contributed by atoms with van der Waals surface area (Å²) < 4.78 is 47.8. The standard InChI is InChI=1S/C22H20F3N3O2/c1-2-30-21-15(8-7-13-27-21)14-28(22(23,24)25)19-12-6-5-10-17(19)16-9-3-4-11-18(16)20(26)29/h3-13H,2,14H2,1H3,(H2,26,29). The van der Waals surface area contributed by atoms with Gasteiger partial charge in [-0.15, -0.1) is 0 Å². The van der Waals surface area contributed by atoms with E-state index in [2.05, 4.69) is 4.98 Å². The molecule has 0 saturated carbocycles. The summed E-state index contributed by atoms with van der Waals surface area (Å²) >= 11 is 0. The number of halogens is 3. The van der Waals surface area contributed by atoms with Gasteiger partial charge in [0, 0.05) is 22.9 Å². The summed E-state index contributed by atoms with van der Waals surface area (Å²) in [5, 5.41) is 0. The van der Waals surface area contributed by atoms with Gasteiger partial charge < -0.3 is 10.5 Å². The minimum absolute atomic E-state index is 0.106. The Morgan fingerprint density at radius 1 is 1.03 bits per heavy atom. The van der Waals surface area contributed by atoms with E-state index in [1.807, 2.05) is 0 Å². The maximum atomic E-state index is 14.1. The van der Waals surface area contributed by atoms with E-state index in [0.29, 0.717) is 10.5 Å². The summed E-state index contributed by atoms with van der Waals surface area (Å²) in [5.74, 6) is -0.575. The van der Waals surface area contributed by atoms with E-state index in [1.54, 1.807) is 37.3 Å². The molecule has 0 spiro atoms. The Balaban J connectivity index is 2.14. The van der Waals surface area contributed by atoms with Crippen molar-refractivity contribution in [3.8, 4) is 17.0 Å². The lowest BCUT2D eigenvalue weighted by molar-refractivity contribution is -0.130. The van der Waals surface area contributed by atoms with Gasteiger partial charge in [-0.25, -0.2) is 4.98 Å². The predicted molar refractivity (Wildman–Crippen MR) is 108 cm³/mol. The van der Waals surface area contributed by atoms with Crippen molar-refractivity contribution >= 4 is 11.6 Å². The third kappa shape index (κ3) is 4.53. The van der Waals surface area contributed by atoms with Crippen LogP contribution < -0.4 is 15.4 Å². The van der Waals surface area contributed by atoms with Crippen LogP contribution >= 0.6 is 0 Å². The minimum atomic E-state index is -4.70. The highest BCUT2D eigenvalue weighted by Gasteiger charge is 2.39. The van der Waals surface area contributed by atoms with Crippen molar-refractivity contribution in [2.45, 2.75) is 19.8 Å². The van der Waals surface area contributed by atoms with Crippen molar-refractivity contribution < 1.29 is 22.7 Å². The third-order valence-corrected chi connectivity index (χ3v) is 4.44. The SMILES string of the molecule is CCOc1ncccc1CN(c1ccccc1-c1ccccc1C(N)=O)C(F)(F)F. The summed E-state index contributed by atoms with van der Waals surface area (Å²) in [6.07, 6.45) is -3.24. The fourth-order valence-corrected chi connectivity index (χ4v) is 3.16. The van der Waals surface area contributed by atoms with E-state index in [-0.39, 0.29) is 34.9 Å². The van der Waals surface area contributed by atoms with Gasteiger partial charge in [0.15, 0.2) is 0 Å². The van der Waals surface area contributed by atoms with Crippen LogP contribution in [0.2, 0.25) is 0 Å². The first-order valence-corrected chi connectivity index (χ1v) is 9.22. The van der Waals surface area contributed by atoms with Gasteiger partial charge in [-0.2, -0.15) is 13.2 Å². The Morgan fingerprint density at radius 3 is 2.37 bits per heavy atom. The van der Waals surface area contributed by atoms with Gasteiger partial charge in [0.1, 0.15) is 0 Å². The molecule has 0 radical (unpaired) electrons. The number of hydrogen-bond donors (Lipinski definition) is 1. The molecule has 5 nitrogen and oxygen atoms in total. The van der Waals surface area contributed by atoms with Crippen molar-refractivity contribution in [2.24, 2.45) is 5.73 Å². The molecular weight excluding hydrogens is 395 g/mol.